The Labute approximate surface area is 133 Å². The van der Waals surface area contributed by atoms with Crippen LogP contribution in [-0.2, 0) is 0 Å². The van der Waals surface area contributed by atoms with Gasteiger partial charge in [0.15, 0.2) is 5.72 Å². The van der Waals surface area contributed by atoms with Crippen LogP contribution in [-0.4, -0.2) is 47.6 Å². The number of unbranched alkanes of at least 4 members (excludes halogenated alkanes) is 1. The second kappa shape index (κ2) is 6.29. The molecule has 22 heavy (non-hydrogen) atoms. The van der Waals surface area contributed by atoms with Gasteiger partial charge >= 0.3 is 0 Å². The van der Waals surface area contributed by atoms with Crippen molar-refractivity contribution in [2.24, 2.45) is 0 Å². The third-order valence-electron chi connectivity index (χ3n) is 4.97. The largest absolute Gasteiger partial charge is 0.467 e. The fraction of sp³-hybridized carbons (Fsp3) is 0.611. The predicted molar refractivity (Wildman–Crippen MR) is 87.1 cm³/mol. The van der Waals surface area contributed by atoms with E-state index in [0.29, 0.717) is 5.56 Å². The Bertz CT molecular complexity index is 536. The van der Waals surface area contributed by atoms with Crippen LogP contribution in [0.15, 0.2) is 24.3 Å². The quantitative estimate of drug-likeness (QED) is 0.856. The topological polar surface area (TPSA) is 32.8 Å². The van der Waals surface area contributed by atoms with Gasteiger partial charge in [-0.3, -0.25) is 4.79 Å². The molecule has 4 nitrogen and oxygen atoms in total. The zero-order valence-electron chi connectivity index (χ0n) is 13.7. The van der Waals surface area contributed by atoms with Crippen LogP contribution in [0.3, 0.4) is 0 Å². The number of likely N-dealkylation sites (tertiary alicyclic amines) is 1. The second-order valence-electron chi connectivity index (χ2n) is 6.29. The first-order chi connectivity index (χ1) is 10.7. The number of carbonyl (C=O) groups excluding carboxylic acids is 1. The van der Waals surface area contributed by atoms with Crippen LogP contribution in [0.4, 0.5) is 0 Å². The predicted octanol–water partition coefficient (Wildman–Crippen LogP) is 3.13. The van der Waals surface area contributed by atoms with Gasteiger partial charge in [0.25, 0.3) is 5.91 Å². The molecule has 1 aromatic rings. The number of fused-ring (bicyclic) bond motifs is 1. The number of hydrogen-bond acceptors (Lipinski definition) is 3. The number of benzene rings is 1. The number of amides is 1. The van der Waals surface area contributed by atoms with Gasteiger partial charge in [-0.05, 0) is 25.1 Å². The van der Waals surface area contributed by atoms with E-state index in [0.717, 1.165) is 57.6 Å². The van der Waals surface area contributed by atoms with E-state index in [9.17, 15) is 4.79 Å². The van der Waals surface area contributed by atoms with Gasteiger partial charge in [-0.1, -0.05) is 32.4 Å². The van der Waals surface area contributed by atoms with Gasteiger partial charge in [-0.25, -0.2) is 0 Å². The molecule has 1 saturated heterocycles. The summed E-state index contributed by atoms with van der Waals surface area (Å²) in [7, 11) is 0. The first kappa shape index (κ1) is 15.3. The molecule has 1 spiro atoms. The van der Waals surface area contributed by atoms with Crippen molar-refractivity contribution in [1.29, 1.82) is 0 Å². The van der Waals surface area contributed by atoms with E-state index < -0.39 is 5.72 Å². The van der Waals surface area contributed by atoms with Crippen molar-refractivity contribution < 1.29 is 9.53 Å². The molecule has 4 heteroatoms. The maximum absolute atomic E-state index is 13.0. The third-order valence-corrected chi connectivity index (χ3v) is 4.97. The normalized spacial score (nSPS) is 20.8. The minimum Gasteiger partial charge on any atom is -0.467 e. The zero-order valence-corrected chi connectivity index (χ0v) is 13.7. The van der Waals surface area contributed by atoms with E-state index >= 15 is 0 Å². The second-order valence-corrected chi connectivity index (χ2v) is 6.29. The van der Waals surface area contributed by atoms with Crippen LogP contribution in [0.5, 0.6) is 5.75 Å². The summed E-state index contributed by atoms with van der Waals surface area (Å²) in [6.07, 6.45) is 3.90. The monoisotopic (exact) mass is 302 g/mol. The van der Waals surface area contributed by atoms with Crippen LogP contribution in [0, 0.1) is 0 Å². The summed E-state index contributed by atoms with van der Waals surface area (Å²) in [5.74, 6) is 0.894. The average Bonchev–Trinajstić information content (AvgIpc) is 2.55. The molecule has 2 heterocycles. The fourth-order valence-corrected chi connectivity index (χ4v) is 3.53. The number of carbonyl (C=O) groups is 1. The highest BCUT2D eigenvalue weighted by Crippen LogP contribution is 2.39. The summed E-state index contributed by atoms with van der Waals surface area (Å²) in [4.78, 5) is 17.4. The van der Waals surface area contributed by atoms with Crippen LogP contribution in [0.1, 0.15) is 49.9 Å². The Morgan fingerprint density at radius 1 is 1.18 bits per heavy atom. The van der Waals surface area contributed by atoms with E-state index in [1.165, 1.54) is 0 Å². The molecule has 1 fully saturated rings. The molecule has 0 bridgehead atoms. The summed E-state index contributed by atoms with van der Waals surface area (Å²) in [5, 5.41) is 0. The molecule has 0 N–H and O–H groups in total. The highest BCUT2D eigenvalue weighted by atomic mass is 16.5. The van der Waals surface area contributed by atoms with Crippen molar-refractivity contribution in [1.82, 2.24) is 9.80 Å². The Hall–Kier alpha value is -1.55. The van der Waals surface area contributed by atoms with E-state index in [4.69, 9.17) is 4.74 Å². The van der Waals surface area contributed by atoms with E-state index in [-0.39, 0.29) is 5.91 Å². The van der Waals surface area contributed by atoms with E-state index in [2.05, 4.69) is 18.7 Å². The molecule has 0 saturated carbocycles. The molecule has 0 aromatic heterocycles. The molecule has 120 valence electrons. The van der Waals surface area contributed by atoms with E-state index in [1.54, 1.807) is 0 Å². The SMILES string of the molecule is CCCCN1C(=O)c2ccccc2OC12CCN(CC)CC2. The molecular formula is C18H26N2O2. The zero-order chi connectivity index (χ0) is 15.6. The van der Waals surface area contributed by atoms with Gasteiger partial charge in [0.2, 0.25) is 0 Å². The Morgan fingerprint density at radius 3 is 2.59 bits per heavy atom. The highest BCUT2D eigenvalue weighted by molar-refractivity contribution is 5.98. The van der Waals surface area contributed by atoms with Crippen molar-refractivity contribution in [3.8, 4) is 5.75 Å². The molecule has 0 radical (unpaired) electrons. The van der Waals surface area contributed by atoms with Gasteiger partial charge in [0.1, 0.15) is 5.75 Å². The summed E-state index contributed by atoms with van der Waals surface area (Å²) in [6, 6.07) is 7.67. The molecule has 0 atom stereocenters. The highest BCUT2D eigenvalue weighted by Gasteiger charge is 2.48. The lowest BCUT2D eigenvalue weighted by Crippen LogP contribution is -2.63. The molecule has 1 amide bonds. The lowest BCUT2D eigenvalue weighted by atomic mass is 9.94. The molecule has 3 rings (SSSR count). The van der Waals surface area contributed by atoms with Crippen LogP contribution >= 0.6 is 0 Å². The van der Waals surface area contributed by atoms with Crippen LogP contribution in [0.25, 0.3) is 0 Å². The lowest BCUT2D eigenvalue weighted by molar-refractivity contribution is -0.110. The third kappa shape index (κ3) is 2.60. The molecule has 0 unspecified atom stereocenters. The van der Waals surface area contributed by atoms with Gasteiger partial charge in [0, 0.05) is 32.5 Å². The number of ether oxygens (including phenoxy) is 1. The van der Waals surface area contributed by atoms with Crippen molar-refractivity contribution >= 4 is 5.91 Å². The maximum Gasteiger partial charge on any atom is 0.260 e. The van der Waals surface area contributed by atoms with E-state index in [1.807, 2.05) is 29.2 Å². The van der Waals surface area contributed by atoms with Gasteiger partial charge in [0.05, 0.1) is 5.56 Å². The Morgan fingerprint density at radius 2 is 1.91 bits per heavy atom. The average molecular weight is 302 g/mol. The first-order valence-electron chi connectivity index (χ1n) is 8.52. The molecule has 0 aliphatic carbocycles. The Kier molecular flexibility index (Phi) is 4.39. The number of hydrogen-bond donors (Lipinski definition) is 0. The molecule has 2 aliphatic rings. The lowest BCUT2D eigenvalue weighted by Gasteiger charge is -2.50. The van der Waals surface area contributed by atoms with Crippen LogP contribution in [0.2, 0.25) is 0 Å². The summed E-state index contributed by atoms with van der Waals surface area (Å²) >= 11 is 0. The van der Waals surface area contributed by atoms with Gasteiger partial charge < -0.3 is 14.5 Å². The summed E-state index contributed by atoms with van der Waals surface area (Å²) in [6.45, 7) is 8.19. The summed E-state index contributed by atoms with van der Waals surface area (Å²) in [5.41, 5.74) is 0.272. The first-order valence-corrected chi connectivity index (χ1v) is 8.52. The van der Waals surface area contributed by atoms with Crippen molar-refractivity contribution in [2.45, 2.75) is 45.3 Å². The number of rotatable bonds is 4. The fourth-order valence-electron chi connectivity index (χ4n) is 3.53. The van der Waals surface area contributed by atoms with Crippen molar-refractivity contribution in [2.75, 3.05) is 26.2 Å². The molecule has 1 aromatic carbocycles. The number of nitrogens with zero attached hydrogens (tertiary/aromatic N) is 2. The number of para-hydroxylation sites is 1. The van der Waals surface area contributed by atoms with Crippen LogP contribution < -0.4 is 4.74 Å². The molecular weight excluding hydrogens is 276 g/mol. The maximum atomic E-state index is 13.0. The smallest absolute Gasteiger partial charge is 0.260 e. The standard InChI is InChI=1S/C18H26N2O2/c1-3-5-12-20-17(21)15-8-6-7-9-16(15)22-18(20)10-13-19(4-2)14-11-18/h6-9H,3-5,10-14H2,1-2H3. The van der Waals surface area contributed by atoms with Gasteiger partial charge in [-0.15, -0.1) is 0 Å². The molecule has 2 aliphatic heterocycles. The minimum absolute atomic E-state index is 0.139. The van der Waals surface area contributed by atoms with Crippen molar-refractivity contribution in [3.63, 3.8) is 0 Å². The summed E-state index contributed by atoms with van der Waals surface area (Å²) < 4.78 is 6.41. The van der Waals surface area contributed by atoms with Gasteiger partial charge in [-0.2, -0.15) is 0 Å². The number of piperidine rings is 1. The van der Waals surface area contributed by atoms with Crippen molar-refractivity contribution in [3.05, 3.63) is 29.8 Å². The minimum atomic E-state index is -0.438. The Balaban J connectivity index is 1.91.